The molecule has 2 fully saturated rings. The maximum absolute atomic E-state index is 12.7. The van der Waals surface area contributed by atoms with Gasteiger partial charge in [-0.25, -0.2) is 4.79 Å². The van der Waals surface area contributed by atoms with Crippen molar-refractivity contribution in [3.05, 3.63) is 35.9 Å². The number of carbonyl (C=O) groups is 3. The van der Waals surface area contributed by atoms with Crippen molar-refractivity contribution in [2.45, 2.75) is 31.8 Å². The second kappa shape index (κ2) is 5.68. The summed E-state index contributed by atoms with van der Waals surface area (Å²) < 4.78 is 0. The van der Waals surface area contributed by atoms with E-state index in [0.29, 0.717) is 32.5 Å². The highest BCUT2D eigenvalue weighted by Crippen LogP contribution is 2.37. The van der Waals surface area contributed by atoms with Gasteiger partial charge in [0.05, 0.1) is 0 Å². The molecular weight excluding hydrogens is 294 g/mol. The van der Waals surface area contributed by atoms with Crippen LogP contribution in [0.4, 0.5) is 4.79 Å². The molecule has 4 amide bonds. The summed E-state index contributed by atoms with van der Waals surface area (Å²) in [7, 11) is 1.54. The highest BCUT2D eigenvalue weighted by atomic mass is 16.2. The van der Waals surface area contributed by atoms with Crippen LogP contribution in [-0.2, 0) is 16.1 Å². The maximum atomic E-state index is 12.7. The molecule has 0 radical (unpaired) electrons. The van der Waals surface area contributed by atoms with Crippen LogP contribution in [0.2, 0.25) is 0 Å². The molecule has 0 aliphatic carbocycles. The molecule has 2 heterocycles. The number of hydrogen-bond donors (Lipinski definition) is 0. The predicted octanol–water partition coefficient (Wildman–Crippen LogP) is 1.46. The highest BCUT2D eigenvalue weighted by molar-refractivity contribution is 6.06. The van der Waals surface area contributed by atoms with Crippen molar-refractivity contribution in [2.75, 3.05) is 20.1 Å². The van der Waals surface area contributed by atoms with Gasteiger partial charge < -0.3 is 9.80 Å². The minimum Gasteiger partial charge on any atom is -0.343 e. The van der Waals surface area contributed by atoms with Crippen LogP contribution < -0.4 is 0 Å². The average Bonchev–Trinajstić information content (AvgIpc) is 2.73. The quantitative estimate of drug-likeness (QED) is 0.776. The minimum absolute atomic E-state index is 0.0135. The van der Waals surface area contributed by atoms with Gasteiger partial charge in [-0.2, -0.15) is 0 Å². The first kappa shape index (κ1) is 15.5. The van der Waals surface area contributed by atoms with E-state index in [1.165, 1.54) is 18.9 Å². The zero-order valence-electron chi connectivity index (χ0n) is 13.5. The summed E-state index contributed by atoms with van der Waals surface area (Å²) in [6, 6.07) is 9.42. The van der Waals surface area contributed by atoms with Crippen LogP contribution in [0.5, 0.6) is 0 Å². The van der Waals surface area contributed by atoms with Gasteiger partial charge >= 0.3 is 6.03 Å². The van der Waals surface area contributed by atoms with Gasteiger partial charge in [0.2, 0.25) is 5.91 Å². The second-order valence-corrected chi connectivity index (χ2v) is 6.26. The van der Waals surface area contributed by atoms with Crippen molar-refractivity contribution >= 4 is 17.8 Å². The third-order valence-electron chi connectivity index (χ3n) is 4.96. The molecule has 0 atom stereocenters. The average molecular weight is 315 g/mol. The van der Waals surface area contributed by atoms with Crippen molar-refractivity contribution < 1.29 is 14.4 Å². The molecule has 3 rings (SSSR count). The van der Waals surface area contributed by atoms with Gasteiger partial charge in [0.15, 0.2) is 0 Å². The van der Waals surface area contributed by atoms with Crippen LogP contribution in [-0.4, -0.2) is 58.2 Å². The van der Waals surface area contributed by atoms with Crippen molar-refractivity contribution in [2.24, 2.45) is 0 Å². The minimum atomic E-state index is -0.812. The van der Waals surface area contributed by atoms with E-state index in [1.807, 2.05) is 30.3 Å². The van der Waals surface area contributed by atoms with E-state index in [4.69, 9.17) is 0 Å². The van der Waals surface area contributed by atoms with E-state index < -0.39 is 5.54 Å². The summed E-state index contributed by atoms with van der Waals surface area (Å²) in [5.74, 6) is -0.138. The zero-order chi connectivity index (χ0) is 16.6. The van der Waals surface area contributed by atoms with Crippen LogP contribution >= 0.6 is 0 Å². The third-order valence-corrected chi connectivity index (χ3v) is 4.96. The number of likely N-dealkylation sites (N-methyl/N-ethyl adjacent to an activating group) is 1. The molecule has 2 aliphatic rings. The number of benzene rings is 1. The number of rotatable bonds is 2. The van der Waals surface area contributed by atoms with Crippen LogP contribution in [0.25, 0.3) is 0 Å². The van der Waals surface area contributed by atoms with Gasteiger partial charge in [0, 0.05) is 33.6 Å². The molecule has 2 saturated heterocycles. The van der Waals surface area contributed by atoms with Gasteiger partial charge in [0.1, 0.15) is 5.54 Å². The van der Waals surface area contributed by atoms with E-state index in [2.05, 4.69) is 0 Å². The highest BCUT2D eigenvalue weighted by Gasteiger charge is 2.56. The van der Waals surface area contributed by atoms with Gasteiger partial charge in [-0.1, -0.05) is 30.3 Å². The number of imide groups is 1. The molecule has 6 nitrogen and oxygen atoms in total. The summed E-state index contributed by atoms with van der Waals surface area (Å²) in [4.78, 5) is 41.5. The Labute approximate surface area is 135 Å². The Balaban J connectivity index is 1.88. The fourth-order valence-corrected chi connectivity index (χ4v) is 3.54. The largest absolute Gasteiger partial charge is 0.343 e. The van der Waals surface area contributed by atoms with Crippen molar-refractivity contribution in [1.29, 1.82) is 0 Å². The molecule has 0 bridgehead atoms. The van der Waals surface area contributed by atoms with Gasteiger partial charge in [-0.3, -0.25) is 14.5 Å². The van der Waals surface area contributed by atoms with Gasteiger partial charge in [0.25, 0.3) is 5.91 Å². The lowest BCUT2D eigenvalue weighted by Gasteiger charge is -2.42. The van der Waals surface area contributed by atoms with E-state index >= 15 is 0 Å². The molecular formula is C17H21N3O3. The third kappa shape index (κ3) is 2.48. The lowest BCUT2D eigenvalue weighted by atomic mass is 9.85. The first-order valence-electron chi connectivity index (χ1n) is 7.85. The van der Waals surface area contributed by atoms with Crippen molar-refractivity contribution in [3.63, 3.8) is 0 Å². The molecule has 0 unspecified atom stereocenters. The Bertz CT molecular complexity index is 636. The molecule has 122 valence electrons. The first-order valence-corrected chi connectivity index (χ1v) is 7.85. The summed E-state index contributed by atoms with van der Waals surface area (Å²) in [5.41, 5.74) is 0.186. The molecule has 1 spiro atoms. The van der Waals surface area contributed by atoms with Crippen molar-refractivity contribution in [1.82, 2.24) is 14.7 Å². The zero-order valence-corrected chi connectivity index (χ0v) is 13.5. The summed E-state index contributed by atoms with van der Waals surface area (Å²) in [6.07, 6.45) is 0.989. The van der Waals surface area contributed by atoms with Gasteiger partial charge in [-0.15, -0.1) is 0 Å². The fraction of sp³-hybridized carbons (Fsp3) is 0.471. The number of urea groups is 1. The Morgan fingerprint density at radius 1 is 1.13 bits per heavy atom. The number of amides is 4. The Morgan fingerprint density at radius 2 is 1.74 bits per heavy atom. The standard InChI is InChI=1S/C17H21N3O3/c1-13(21)19-10-8-17(9-11-19)15(22)18(2)16(23)20(17)12-14-6-4-3-5-7-14/h3-7H,8-12H2,1-2H3. The monoisotopic (exact) mass is 315 g/mol. The number of piperidine rings is 1. The predicted molar refractivity (Wildman–Crippen MR) is 84.4 cm³/mol. The number of nitrogens with zero attached hydrogens (tertiary/aromatic N) is 3. The Morgan fingerprint density at radius 3 is 2.30 bits per heavy atom. The number of likely N-dealkylation sites (tertiary alicyclic amines) is 1. The normalized spacial score (nSPS) is 20.5. The molecule has 0 N–H and O–H groups in total. The summed E-state index contributed by atoms with van der Waals surface area (Å²) in [6.45, 7) is 2.96. The molecule has 6 heteroatoms. The van der Waals surface area contributed by atoms with Crippen LogP contribution in [0.15, 0.2) is 30.3 Å². The lowest BCUT2D eigenvalue weighted by Crippen LogP contribution is -2.56. The molecule has 1 aromatic rings. The van der Waals surface area contributed by atoms with Crippen molar-refractivity contribution in [3.8, 4) is 0 Å². The van der Waals surface area contributed by atoms with Crippen LogP contribution in [0.1, 0.15) is 25.3 Å². The Hall–Kier alpha value is -2.37. The van der Waals surface area contributed by atoms with E-state index in [9.17, 15) is 14.4 Å². The Kier molecular flexibility index (Phi) is 3.83. The van der Waals surface area contributed by atoms with Gasteiger partial charge in [-0.05, 0) is 18.4 Å². The SMILES string of the molecule is CC(=O)N1CCC2(CC1)C(=O)N(C)C(=O)N2Cc1ccccc1. The molecule has 1 aromatic carbocycles. The number of hydrogen-bond acceptors (Lipinski definition) is 3. The van der Waals surface area contributed by atoms with E-state index in [0.717, 1.165) is 5.56 Å². The molecule has 2 aliphatic heterocycles. The smallest absolute Gasteiger partial charge is 0.327 e. The maximum Gasteiger partial charge on any atom is 0.327 e. The molecule has 23 heavy (non-hydrogen) atoms. The van der Waals surface area contributed by atoms with Crippen LogP contribution in [0.3, 0.4) is 0 Å². The second-order valence-electron chi connectivity index (χ2n) is 6.26. The topological polar surface area (TPSA) is 60.9 Å². The molecule has 0 aromatic heterocycles. The van der Waals surface area contributed by atoms with E-state index in [1.54, 1.807) is 9.80 Å². The number of carbonyl (C=O) groups excluding carboxylic acids is 3. The fourth-order valence-electron chi connectivity index (χ4n) is 3.54. The lowest BCUT2D eigenvalue weighted by molar-refractivity contribution is -0.139. The van der Waals surface area contributed by atoms with Crippen LogP contribution in [0, 0.1) is 0 Å². The molecule has 0 saturated carbocycles. The first-order chi connectivity index (χ1) is 11.0. The van der Waals surface area contributed by atoms with E-state index in [-0.39, 0.29) is 17.8 Å². The summed E-state index contributed by atoms with van der Waals surface area (Å²) >= 11 is 0. The summed E-state index contributed by atoms with van der Waals surface area (Å²) in [5, 5.41) is 0.